The molecule has 0 N–H and O–H groups in total. The summed E-state index contributed by atoms with van der Waals surface area (Å²) in [4.78, 5) is 5.19. The third-order valence-electron chi connectivity index (χ3n) is 13.2. The molecule has 0 spiro atoms. The van der Waals surface area contributed by atoms with Gasteiger partial charge in [-0.1, -0.05) is 78.9 Å². The molecule has 5 aliphatic rings. The summed E-state index contributed by atoms with van der Waals surface area (Å²) in [6.45, 7) is 0. The number of fused-ring (bicyclic) bond motifs is 11. The lowest BCUT2D eigenvalue weighted by molar-refractivity contribution is 0.460. The van der Waals surface area contributed by atoms with Gasteiger partial charge >= 0.3 is 0 Å². The molecule has 0 aliphatic heterocycles. The number of anilines is 3. The molecule has 0 unspecified atom stereocenters. The summed E-state index contributed by atoms with van der Waals surface area (Å²) in [5.41, 5.74) is 15.2. The number of benzene rings is 5. The summed E-state index contributed by atoms with van der Waals surface area (Å²) < 4.78 is 12.8. The van der Waals surface area contributed by atoms with Gasteiger partial charge in [0.15, 0.2) is 0 Å². The minimum Gasteiger partial charge on any atom is -0.465 e. The van der Waals surface area contributed by atoms with E-state index in [1.54, 1.807) is 0 Å². The lowest BCUT2D eigenvalue weighted by Gasteiger charge is -2.36. The van der Waals surface area contributed by atoms with E-state index in [1.165, 1.54) is 85.1 Å². The highest BCUT2D eigenvalue weighted by molar-refractivity contribution is 6.17. The van der Waals surface area contributed by atoms with Crippen LogP contribution in [0.25, 0.3) is 55.6 Å². The average molecular weight is 755 g/mol. The Morgan fingerprint density at radius 1 is 0.483 bits per heavy atom. The predicted octanol–water partition coefficient (Wildman–Crippen LogP) is 14.7. The molecule has 0 amide bonds. The predicted molar refractivity (Wildman–Crippen MR) is 242 cm³/mol. The molecule has 0 atom stereocenters. The highest BCUT2D eigenvalue weighted by atomic mass is 16.3. The minimum absolute atomic E-state index is 0.924. The van der Waals surface area contributed by atoms with Crippen LogP contribution in [0.5, 0.6) is 0 Å². The van der Waals surface area contributed by atoms with Crippen LogP contribution in [-0.4, -0.2) is 0 Å². The minimum atomic E-state index is 0.924. The van der Waals surface area contributed by atoms with Crippen molar-refractivity contribution in [2.24, 2.45) is 0 Å². The van der Waals surface area contributed by atoms with Crippen molar-refractivity contribution >= 4 is 72.7 Å². The fraction of sp³-hybridized carbons (Fsp3) is 0.222. The summed E-state index contributed by atoms with van der Waals surface area (Å²) in [7, 11) is 0. The Labute approximate surface area is 339 Å². The lowest BCUT2D eigenvalue weighted by atomic mass is 9.83. The molecule has 5 aliphatic carbocycles. The Bertz CT molecular complexity index is 3030. The summed E-state index contributed by atoms with van der Waals surface area (Å²) >= 11 is 0. The third-order valence-corrected chi connectivity index (χ3v) is 13.2. The van der Waals surface area contributed by atoms with Gasteiger partial charge in [0.25, 0.3) is 0 Å². The zero-order valence-corrected chi connectivity index (χ0v) is 32.9. The molecule has 4 heteroatoms. The number of nitrogens with zero attached hydrogens (tertiary/aromatic N) is 2. The van der Waals surface area contributed by atoms with Gasteiger partial charge in [-0.2, -0.15) is 0 Å². The van der Waals surface area contributed by atoms with Crippen LogP contribution in [0.1, 0.15) is 85.1 Å². The van der Waals surface area contributed by atoms with Crippen LogP contribution in [0.15, 0.2) is 147 Å². The smallest absolute Gasteiger partial charge is 0.135 e. The highest BCUT2D eigenvalue weighted by Gasteiger charge is 2.30. The number of allylic oxidation sites excluding steroid dienone is 9. The van der Waals surface area contributed by atoms with Gasteiger partial charge in [0.2, 0.25) is 0 Å². The second-order valence-electron chi connectivity index (χ2n) is 16.6. The summed E-state index contributed by atoms with van der Waals surface area (Å²) in [6.07, 6.45) is 33.8. The molecule has 12 rings (SSSR count). The van der Waals surface area contributed by atoms with Gasteiger partial charge in [0.05, 0.1) is 5.69 Å². The molecule has 0 bridgehead atoms. The number of hydrogen-bond donors (Lipinski definition) is 0. The van der Waals surface area contributed by atoms with Crippen molar-refractivity contribution in [2.45, 2.75) is 77.0 Å². The summed E-state index contributed by atoms with van der Waals surface area (Å²) in [5, 5.41) is 7.61. The molecule has 2 heterocycles. The van der Waals surface area contributed by atoms with Gasteiger partial charge in [-0.15, -0.1) is 0 Å². The Morgan fingerprint density at radius 3 is 2.16 bits per heavy atom. The van der Waals surface area contributed by atoms with Crippen molar-refractivity contribution in [1.29, 1.82) is 0 Å². The van der Waals surface area contributed by atoms with Crippen molar-refractivity contribution < 1.29 is 8.83 Å². The van der Waals surface area contributed by atoms with Crippen LogP contribution in [0.4, 0.5) is 17.1 Å². The molecule has 4 nitrogen and oxygen atoms in total. The number of aryl methyl sites for hydroxylation is 3. The van der Waals surface area contributed by atoms with Gasteiger partial charge < -0.3 is 18.6 Å². The number of hydrogen-bond acceptors (Lipinski definition) is 4. The van der Waals surface area contributed by atoms with E-state index in [0.29, 0.717) is 0 Å². The fourth-order valence-electron chi connectivity index (χ4n) is 10.5. The largest absolute Gasteiger partial charge is 0.465 e. The first-order valence-electron chi connectivity index (χ1n) is 21.5. The molecule has 58 heavy (non-hydrogen) atoms. The van der Waals surface area contributed by atoms with E-state index in [-0.39, 0.29) is 0 Å². The van der Waals surface area contributed by atoms with Crippen molar-refractivity contribution in [1.82, 2.24) is 0 Å². The first-order chi connectivity index (χ1) is 28.8. The molecule has 0 saturated heterocycles. The second kappa shape index (κ2) is 13.7. The Balaban J connectivity index is 1.09. The van der Waals surface area contributed by atoms with Crippen molar-refractivity contribution in [3.05, 3.63) is 172 Å². The van der Waals surface area contributed by atoms with E-state index in [2.05, 4.69) is 143 Å². The molecule has 0 radical (unpaired) electrons. The maximum atomic E-state index is 6.49. The zero-order valence-electron chi connectivity index (χ0n) is 32.9. The van der Waals surface area contributed by atoms with Gasteiger partial charge in [0, 0.05) is 68.6 Å². The van der Waals surface area contributed by atoms with E-state index < -0.39 is 0 Å². The maximum Gasteiger partial charge on any atom is 0.135 e. The van der Waals surface area contributed by atoms with Gasteiger partial charge in [-0.3, -0.25) is 0 Å². The quantitative estimate of drug-likeness (QED) is 0.158. The monoisotopic (exact) mass is 754 g/mol. The van der Waals surface area contributed by atoms with Crippen LogP contribution < -0.4 is 9.80 Å². The molecule has 2 aromatic heterocycles. The van der Waals surface area contributed by atoms with Crippen molar-refractivity contribution in [2.75, 3.05) is 9.80 Å². The van der Waals surface area contributed by atoms with Gasteiger partial charge in [-0.05, 0) is 146 Å². The average Bonchev–Trinajstić information content (AvgIpc) is 3.85. The SMILES string of the molecule is C1=CCCC(N(c2ccc3oc4ccccc4c3c2)c2cc3c4c(c(N(C5=CCCC=C5)C5=Cc6c(oc7c6C=CCC7)CC5)cc3c3ccccc23)CCCC4)=C1. The van der Waals surface area contributed by atoms with Crippen molar-refractivity contribution in [3.8, 4) is 0 Å². The standard InChI is InChI=1S/C54H46N2O2/c1-3-15-35(16-4-1)55(37-27-29-53-47(31-37)43-23-11-13-25-51(43)57-53)49-33-45-40-20-8-10-22-42(40)50(34-46(45)39-19-7-9-21-41(39)49)56(36-17-5-2-6-18-36)38-28-30-54-48(32-38)44-24-12-14-26-52(44)58-54/h1,3,5,7,9,11-13,15,17-19,21,23-25,27,29,31-34H,2,4,6,8,10,14,16,20,22,26,28,30H2. The Morgan fingerprint density at radius 2 is 1.28 bits per heavy atom. The summed E-state index contributed by atoms with van der Waals surface area (Å²) in [6, 6.07) is 29.4. The Hall–Kier alpha value is -6.26. The topological polar surface area (TPSA) is 32.8 Å². The van der Waals surface area contributed by atoms with Gasteiger partial charge in [0.1, 0.15) is 22.7 Å². The molecule has 0 fully saturated rings. The lowest BCUT2D eigenvalue weighted by Crippen LogP contribution is -2.26. The van der Waals surface area contributed by atoms with Crippen LogP contribution in [-0.2, 0) is 25.7 Å². The molecular weight excluding hydrogens is 709 g/mol. The highest BCUT2D eigenvalue weighted by Crippen LogP contribution is 2.48. The van der Waals surface area contributed by atoms with Crippen LogP contribution in [0, 0.1) is 0 Å². The fourth-order valence-corrected chi connectivity index (χ4v) is 10.5. The second-order valence-corrected chi connectivity index (χ2v) is 16.6. The number of rotatable bonds is 6. The van der Waals surface area contributed by atoms with E-state index in [1.807, 2.05) is 0 Å². The molecule has 0 saturated carbocycles. The third kappa shape index (κ3) is 5.41. The van der Waals surface area contributed by atoms with E-state index in [0.717, 1.165) is 103 Å². The first-order valence-corrected chi connectivity index (χ1v) is 21.5. The summed E-state index contributed by atoms with van der Waals surface area (Å²) in [5.74, 6) is 2.31. The zero-order chi connectivity index (χ0) is 38.2. The first kappa shape index (κ1) is 33.8. The molecule has 7 aromatic rings. The number of furan rings is 2. The van der Waals surface area contributed by atoms with E-state index >= 15 is 0 Å². The van der Waals surface area contributed by atoms with E-state index in [4.69, 9.17) is 8.83 Å². The maximum absolute atomic E-state index is 6.49. The van der Waals surface area contributed by atoms with Crippen molar-refractivity contribution in [3.63, 3.8) is 0 Å². The number of para-hydroxylation sites is 1. The normalized spacial score (nSPS) is 17.3. The van der Waals surface area contributed by atoms with Gasteiger partial charge in [-0.25, -0.2) is 0 Å². The van der Waals surface area contributed by atoms with E-state index in [9.17, 15) is 0 Å². The van der Waals surface area contributed by atoms with Crippen LogP contribution >= 0.6 is 0 Å². The molecule has 5 aromatic carbocycles. The molecule has 284 valence electrons. The van der Waals surface area contributed by atoms with Crippen LogP contribution in [0.2, 0.25) is 0 Å². The Kier molecular flexibility index (Phi) is 7.99. The van der Waals surface area contributed by atoms with Crippen LogP contribution in [0.3, 0.4) is 0 Å². The molecular formula is C54H46N2O2.